The third-order valence-electron chi connectivity index (χ3n) is 4.34. The molecule has 1 aromatic carbocycles. The van der Waals surface area contributed by atoms with Crippen molar-refractivity contribution in [1.29, 1.82) is 0 Å². The van der Waals surface area contributed by atoms with Gasteiger partial charge < -0.3 is 14.4 Å². The van der Waals surface area contributed by atoms with Crippen LogP contribution in [0, 0.1) is 0 Å². The Morgan fingerprint density at radius 2 is 1.68 bits per heavy atom. The van der Waals surface area contributed by atoms with Crippen LogP contribution in [0.5, 0.6) is 11.5 Å². The fourth-order valence-electron chi connectivity index (χ4n) is 3.22. The van der Waals surface area contributed by atoms with Gasteiger partial charge >= 0.3 is 12.4 Å². The maximum absolute atomic E-state index is 12.5. The van der Waals surface area contributed by atoms with E-state index in [1.807, 2.05) is 4.90 Å². The molecule has 0 radical (unpaired) electrons. The molecule has 0 aromatic heterocycles. The predicted molar refractivity (Wildman–Crippen MR) is 92.5 cm³/mol. The van der Waals surface area contributed by atoms with Gasteiger partial charge in [-0.25, -0.2) is 0 Å². The summed E-state index contributed by atoms with van der Waals surface area (Å²) in [6, 6.07) is 3.76. The highest BCUT2D eigenvalue weighted by Crippen LogP contribution is 2.33. The Labute approximate surface area is 163 Å². The number of rotatable bonds is 5. The molecule has 11 heteroatoms. The Morgan fingerprint density at radius 3 is 2.36 bits per heavy atom. The Hall–Kier alpha value is -1.84. The third-order valence-corrected chi connectivity index (χ3v) is 4.34. The number of halogens is 7. The van der Waals surface area contributed by atoms with Gasteiger partial charge in [-0.1, -0.05) is 0 Å². The zero-order valence-electron chi connectivity index (χ0n) is 14.6. The first kappa shape index (κ1) is 22.4. The lowest BCUT2D eigenvalue weighted by Gasteiger charge is -2.32. The summed E-state index contributed by atoms with van der Waals surface area (Å²) in [6.07, 6.45) is -6.19. The number of alkyl halides is 6. The smallest absolute Gasteiger partial charge is 0.422 e. The van der Waals surface area contributed by atoms with Crippen molar-refractivity contribution in [3.8, 4) is 11.5 Å². The van der Waals surface area contributed by atoms with E-state index in [9.17, 15) is 26.3 Å². The highest BCUT2D eigenvalue weighted by atomic mass is 35.5. The van der Waals surface area contributed by atoms with E-state index in [-0.39, 0.29) is 35.5 Å². The first-order valence-corrected chi connectivity index (χ1v) is 8.47. The largest absolute Gasteiger partial charge is 0.484 e. The standard InChI is InChI=1S/C17H18F6N2O2.ClH/c18-16(19,20)9-26-12-4-5-14(27-10-17(21,22)23)13(7-12)15-24-8-11-3-1-2-6-25(11)15;/h4-5,7,11H,1-3,6,8-10H2;1H. The third kappa shape index (κ3) is 5.83. The summed E-state index contributed by atoms with van der Waals surface area (Å²) in [5.74, 6) is 0.246. The number of aliphatic imine (C=N–C) groups is 1. The Kier molecular flexibility index (Phi) is 6.95. The zero-order chi connectivity index (χ0) is 19.7. The van der Waals surface area contributed by atoms with Gasteiger partial charge in [-0.15, -0.1) is 12.4 Å². The van der Waals surface area contributed by atoms with Crippen molar-refractivity contribution in [1.82, 2.24) is 4.90 Å². The first-order valence-electron chi connectivity index (χ1n) is 8.47. The average molecular weight is 433 g/mol. The van der Waals surface area contributed by atoms with E-state index in [1.54, 1.807) is 0 Å². The van der Waals surface area contributed by atoms with Crippen LogP contribution in [0.1, 0.15) is 24.8 Å². The summed E-state index contributed by atoms with van der Waals surface area (Å²) in [5, 5.41) is 0. The number of hydrogen-bond donors (Lipinski definition) is 0. The van der Waals surface area contributed by atoms with Gasteiger partial charge in [0.2, 0.25) is 0 Å². The molecule has 28 heavy (non-hydrogen) atoms. The number of benzene rings is 1. The van der Waals surface area contributed by atoms with Crippen LogP contribution < -0.4 is 9.47 Å². The maximum atomic E-state index is 12.5. The van der Waals surface area contributed by atoms with E-state index in [0.717, 1.165) is 25.3 Å². The maximum Gasteiger partial charge on any atom is 0.422 e. The molecule has 4 nitrogen and oxygen atoms in total. The Morgan fingerprint density at radius 1 is 1.00 bits per heavy atom. The van der Waals surface area contributed by atoms with Gasteiger partial charge in [-0.2, -0.15) is 26.3 Å². The lowest BCUT2D eigenvalue weighted by Crippen LogP contribution is -2.40. The van der Waals surface area contributed by atoms with Crippen molar-refractivity contribution >= 4 is 18.2 Å². The molecule has 1 fully saturated rings. The number of piperidine rings is 1. The molecule has 2 heterocycles. The molecule has 2 aliphatic rings. The summed E-state index contributed by atoms with van der Waals surface area (Å²) in [6.45, 7) is -1.80. The fraction of sp³-hybridized carbons (Fsp3) is 0.588. The topological polar surface area (TPSA) is 34.1 Å². The molecule has 1 saturated heterocycles. The molecule has 0 aliphatic carbocycles. The van der Waals surface area contributed by atoms with Crippen LogP contribution in [0.3, 0.4) is 0 Å². The first-order chi connectivity index (χ1) is 12.6. The van der Waals surface area contributed by atoms with Gasteiger partial charge in [0.1, 0.15) is 17.3 Å². The van der Waals surface area contributed by atoms with Gasteiger partial charge in [-0.3, -0.25) is 4.99 Å². The molecule has 3 rings (SSSR count). The van der Waals surface area contributed by atoms with Crippen LogP contribution in [-0.4, -0.2) is 55.4 Å². The number of fused-ring (bicyclic) bond motifs is 1. The van der Waals surface area contributed by atoms with E-state index in [4.69, 9.17) is 9.47 Å². The average Bonchev–Trinajstić information content (AvgIpc) is 3.01. The monoisotopic (exact) mass is 432 g/mol. The molecule has 1 atom stereocenters. The lowest BCUT2D eigenvalue weighted by atomic mass is 10.0. The molecule has 0 bridgehead atoms. The van der Waals surface area contributed by atoms with Crippen LogP contribution in [0.2, 0.25) is 0 Å². The van der Waals surface area contributed by atoms with E-state index in [1.165, 1.54) is 12.1 Å². The minimum Gasteiger partial charge on any atom is -0.484 e. The van der Waals surface area contributed by atoms with Crippen molar-refractivity contribution in [3.63, 3.8) is 0 Å². The minimum atomic E-state index is -4.53. The Balaban J connectivity index is 0.00000280. The molecule has 2 aliphatic heterocycles. The quantitative estimate of drug-likeness (QED) is 0.637. The second-order valence-corrected chi connectivity index (χ2v) is 6.47. The van der Waals surface area contributed by atoms with E-state index in [0.29, 0.717) is 18.9 Å². The Bertz CT molecular complexity index is 708. The van der Waals surface area contributed by atoms with E-state index in [2.05, 4.69) is 4.99 Å². The van der Waals surface area contributed by atoms with E-state index >= 15 is 0 Å². The van der Waals surface area contributed by atoms with Crippen LogP contribution in [0.25, 0.3) is 0 Å². The molecule has 0 amide bonds. The predicted octanol–water partition coefficient (Wildman–Crippen LogP) is 4.61. The van der Waals surface area contributed by atoms with Gasteiger partial charge in [0.15, 0.2) is 13.2 Å². The van der Waals surface area contributed by atoms with Crippen molar-refractivity contribution in [2.24, 2.45) is 4.99 Å². The highest BCUT2D eigenvalue weighted by molar-refractivity contribution is 6.02. The number of hydrogen-bond acceptors (Lipinski definition) is 4. The number of ether oxygens (including phenoxy) is 2. The SMILES string of the molecule is Cl.FC(F)(F)COc1ccc(OCC(F)(F)F)c(C2=NCC3CCCCN23)c1. The minimum absolute atomic E-state index is 0. The number of nitrogens with zero attached hydrogens (tertiary/aromatic N) is 2. The molecular formula is C17H19ClF6N2O2. The summed E-state index contributed by atoms with van der Waals surface area (Å²) in [4.78, 5) is 6.39. The highest BCUT2D eigenvalue weighted by Gasteiger charge is 2.34. The summed E-state index contributed by atoms with van der Waals surface area (Å²) < 4.78 is 84.4. The molecule has 158 valence electrons. The fourth-order valence-corrected chi connectivity index (χ4v) is 3.22. The van der Waals surface area contributed by atoms with Gasteiger partial charge in [0.05, 0.1) is 18.2 Å². The van der Waals surface area contributed by atoms with Crippen molar-refractivity contribution < 1.29 is 35.8 Å². The molecule has 0 saturated carbocycles. The normalized spacial score (nSPS) is 19.6. The zero-order valence-corrected chi connectivity index (χ0v) is 15.5. The van der Waals surface area contributed by atoms with Crippen molar-refractivity contribution in [2.45, 2.75) is 37.7 Å². The molecule has 1 aromatic rings. The summed E-state index contributed by atoms with van der Waals surface area (Å²) in [7, 11) is 0. The molecule has 1 unspecified atom stereocenters. The van der Waals surface area contributed by atoms with E-state index < -0.39 is 25.6 Å². The van der Waals surface area contributed by atoms with Crippen LogP contribution in [0.15, 0.2) is 23.2 Å². The van der Waals surface area contributed by atoms with Gasteiger partial charge in [0, 0.05) is 6.54 Å². The van der Waals surface area contributed by atoms with Crippen molar-refractivity contribution in [2.75, 3.05) is 26.3 Å². The van der Waals surface area contributed by atoms with Crippen LogP contribution >= 0.6 is 12.4 Å². The lowest BCUT2D eigenvalue weighted by molar-refractivity contribution is -0.154. The molecule has 0 spiro atoms. The summed E-state index contributed by atoms with van der Waals surface area (Å²) >= 11 is 0. The molecular weight excluding hydrogens is 414 g/mol. The summed E-state index contributed by atoms with van der Waals surface area (Å²) in [5.41, 5.74) is 0.211. The van der Waals surface area contributed by atoms with Gasteiger partial charge in [-0.05, 0) is 37.5 Å². The molecule has 0 N–H and O–H groups in total. The van der Waals surface area contributed by atoms with Crippen LogP contribution in [-0.2, 0) is 0 Å². The number of amidine groups is 1. The van der Waals surface area contributed by atoms with Crippen molar-refractivity contribution in [3.05, 3.63) is 23.8 Å². The van der Waals surface area contributed by atoms with Crippen LogP contribution in [0.4, 0.5) is 26.3 Å². The second kappa shape index (κ2) is 8.67. The van der Waals surface area contributed by atoms with Gasteiger partial charge in [0.25, 0.3) is 0 Å². The second-order valence-electron chi connectivity index (χ2n) is 6.47.